The Labute approximate surface area is 99.3 Å². The molecule has 0 aromatic heterocycles. The predicted molar refractivity (Wildman–Crippen MR) is 65.4 cm³/mol. The van der Waals surface area contributed by atoms with Gasteiger partial charge in [-0.15, -0.1) is 0 Å². The maximum atomic E-state index is 12.0. The van der Waals surface area contributed by atoms with Crippen molar-refractivity contribution in [2.45, 2.75) is 6.92 Å². The van der Waals surface area contributed by atoms with E-state index in [1.807, 2.05) is 0 Å². The van der Waals surface area contributed by atoms with Crippen LogP contribution in [0, 0.1) is 0 Å². The van der Waals surface area contributed by atoms with E-state index in [0.717, 1.165) is 0 Å². The van der Waals surface area contributed by atoms with Crippen LogP contribution in [0.1, 0.15) is 12.5 Å². The first-order valence-electron chi connectivity index (χ1n) is 4.72. The van der Waals surface area contributed by atoms with Crippen molar-refractivity contribution in [1.82, 2.24) is 0 Å². The highest BCUT2D eigenvalue weighted by Crippen LogP contribution is 2.40. The molecule has 4 nitrogen and oxygen atoms in total. The van der Waals surface area contributed by atoms with Gasteiger partial charge in [0.2, 0.25) is 7.37 Å². The molecule has 0 bridgehead atoms. The van der Waals surface area contributed by atoms with Crippen LogP contribution >= 0.6 is 19.0 Å². The van der Waals surface area contributed by atoms with E-state index in [9.17, 15) is 4.57 Å². The van der Waals surface area contributed by atoms with Gasteiger partial charge in [0, 0.05) is 17.5 Å². The van der Waals surface area contributed by atoms with Crippen LogP contribution in [-0.2, 0) is 9.09 Å². The first kappa shape index (κ1) is 13.2. The summed E-state index contributed by atoms with van der Waals surface area (Å²) >= 11 is 5.62. The Morgan fingerprint density at radius 1 is 1.50 bits per heavy atom. The highest BCUT2D eigenvalue weighted by Gasteiger charge is 2.18. The molecule has 1 atom stereocenters. The third kappa shape index (κ3) is 3.08. The fraction of sp³-hybridized carbons (Fsp3) is 0.300. The van der Waals surface area contributed by atoms with E-state index in [1.165, 1.54) is 0 Å². The minimum absolute atomic E-state index is 0.00565. The van der Waals surface area contributed by atoms with Crippen LogP contribution in [0.25, 0.3) is 0 Å². The molecule has 0 heterocycles. The molecule has 0 amide bonds. The number of hydrogen-bond acceptors (Lipinski definition) is 4. The normalized spacial score (nSPS) is 15.8. The Morgan fingerprint density at radius 3 is 2.50 bits per heavy atom. The fourth-order valence-electron chi connectivity index (χ4n) is 1.25. The topological polar surface area (TPSA) is 58.9 Å². The van der Waals surface area contributed by atoms with Gasteiger partial charge in [-0.2, -0.15) is 0 Å². The second kappa shape index (κ2) is 5.48. The van der Waals surface area contributed by atoms with Gasteiger partial charge >= 0.3 is 0 Å². The van der Waals surface area contributed by atoms with Gasteiger partial charge in [-0.3, -0.25) is 4.57 Å². The molecular formula is C10H13ClNO3P. The highest BCUT2D eigenvalue weighted by atomic mass is 35.5. The van der Waals surface area contributed by atoms with Crippen LogP contribution < -0.4 is 5.30 Å². The lowest BCUT2D eigenvalue weighted by Gasteiger charge is -2.12. The summed E-state index contributed by atoms with van der Waals surface area (Å²) < 4.78 is 17.2. The molecule has 88 valence electrons. The molecule has 0 saturated carbocycles. The lowest BCUT2D eigenvalue weighted by atomic mass is 10.2. The van der Waals surface area contributed by atoms with Gasteiger partial charge in [-0.1, -0.05) is 28.9 Å². The SMILES string of the molecule is CCOP(C)(=O)c1ccc(/C(Cl)=N\O)cc1. The van der Waals surface area contributed by atoms with Gasteiger partial charge in [-0.05, 0) is 19.1 Å². The lowest BCUT2D eigenvalue weighted by Crippen LogP contribution is -2.07. The Hall–Kier alpha value is -0.830. The van der Waals surface area contributed by atoms with Gasteiger partial charge in [0.15, 0.2) is 5.17 Å². The largest absolute Gasteiger partial charge is 0.410 e. The van der Waals surface area contributed by atoms with Gasteiger partial charge < -0.3 is 9.73 Å². The number of rotatable bonds is 4. The van der Waals surface area contributed by atoms with E-state index in [0.29, 0.717) is 17.5 Å². The quantitative estimate of drug-likeness (QED) is 0.392. The maximum Gasteiger partial charge on any atom is 0.229 e. The van der Waals surface area contributed by atoms with Crippen LogP contribution in [0.15, 0.2) is 29.4 Å². The Bertz CT molecular complexity index is 430. The van der Waals surface area contributed by atoms with Crippen molar-refractivity contribution in [2.75, 3.05) is 13.3 Å². The van der Waals surface area contributed by atoms with Gasteiger partial charge in [0.25, 0.3) is 0 Å². The molecule has 0 saturated heterocycles. The fourth-order valence-corrected chi connectivity index (χ4v) is 2.71. The van der Waals surface area contributed by atoms with Gasteiger partial charge in [0.05, 0.1) is 6.61 Å². The molecule has 6 heteroatoms. The third-order valence-corrected chi connectivity index (χ3v) is 4.32. The number of nitrogens with zero attached hydrogens (tertiary/aromatic N) is 1. The summed E-state index contributed by atoms with van der Waals surface area (Å²) in [5, 5.41) is 12.0. The first-order valence-corrected chi connectivity index (χ1v) is 7.17. The van der Waals surface area contributed by atoms with Crippen LogP contribution in [0.4, 0.5) is 0 Å². The molecule has 0 aliphatic carbocycles. The summed E-state index contributed by atoms with van der Waals surface area (Å²) in [7, 11) is -2.75. The summed E-state index contributed by atoms with van der Waals surface area (Å²) in [6.07, 6.45) is 0. The number of benzene rings is 1. The van der Waals surface area contributed by atoms with Crippen molar-refractivity contribution in [3.8, 4) is 0 Å². The number of halogens is 1. The zero-order valence-corrected chi connectivity index (χ0v) is 10.7. The second-order valence-electron chi connectivity index (χ2n) is 3.20. The third-order valence-electron chi connectivity index (χ3n) is 2.04. The summed E-state index contributed by atoms with van der Waals surface area (Å²) in [6.45, 7) is 3.75. The highest BCUT2D eigenvalue weighted by molar-refractivity contribution is 7.66. The molecule has 1 aromatic carbocycles. The van der Waals surface area contributed by atoms with Crippen LogP contribution in [0.5, 0.6) is 0 Å². The Morgan fingerprint density at radius 2 is 2.06 bits per heavy atom. The van der Waals surface area contributed by atoms with Crippen molar-refractivity contribution >= 4 is 29.4 Å². The predicted octanol–water partition coefficient (Wildman–Crippen LogP) is 2.63. The Kier molecular flexibility index (Phi) is 4.54. The number of oxime groups is 1. The molecule has 1 N–H and O–H groups in total. The second-order valence-corrected chi connectivity index (χ2v) is 6.03. The van der Waals surface area contributed by atoms with E-state index in [1.54, 1.807) is 37.9 Å². The zero-order valence-electron chi connectivity index (χ0n) is 9.05. The summed E-state index contributed by atoms with van der Waals surface area (Å²) in [6, 6.07) is 6.57. The van der Waals surface area contributed by atoms with Crippen molar-refractivity contribution in [2.24, 2.45) is 5.16 Å². The first-order chi connectivity index (χ1) is 7.51. The standard InChI is InChI=1S/C10H13ClNO3P/c1-3-15-16(2,14)9-6-4-8(5-7-9)10(11)12-13/h4-7,13H,3H2,1-2H3/b12-10+. The van der Waals surface area contributed by atoms with Crippen LogP contribution in [-0.4, -0.2) is 23.6 Å². The van der Waals surface area contributed by atoms with Crippen LogP contribution in [0.3, 0.4) is 0 Å². The average molecular weight is 262 g/mol. The van der Waals surface area contributed by atoms with Crippen molar-refractivity contribution in [3.05, 3.63) is 29.8 Å². The molecule has 0 aliphatic rings. The summed E-state index contributed by atoms with van der Waals surface area (Å²) in [4.78, 5) is 0. The molecule has 0 radical (unpaired) electrons. The number of hydrogen-bond donors (Lipinski definition) is 1. The molecule has 1 unspecified atom stereocenters. The monoisotopic (exact) mass is 261 g/mol. The molecule has 0 fully saturated rings. The molecule has 0 spiro atoms. The van der Waals surface area contributed by atoms with E-state index in [4.69, 9.17) is 21.3 Å². The van der Waals surface area contributed by atoms with Gasteiger partial charge in [-0.25, -0.2) is 0 Å². The summed E-state index contributed by atoms with van der Waals surface area (Å²) in [5.74, 6) is 0. The zero-order chi connectivity index (χ0) is 12.2. The minimum Gasteiger partial charge on any atom is -0.410 e. The van der Waals surface area contributed by atoms with E-state index < -0.39 is 7.37 Å². The molecular weight excluding hydrogens is 249 g/mol. The van der Waals surface area contributed by atoms with Crippen LogP contribution in [0.2, 0.25) is 0 Å². The van der Waals surface area contributed by atoms with Gasteiger partial charge in [0.1, 0.15) is 0 Å². The van der Waals surface area contributed by atoms with E-state index >= 15 is 0 Å². The molecule has 1 rings (SSSR count). The molecule has 1 aromatic rings. The van der Waals surface area contributed by atoms with Crippen molar-refractivity contribution < 1.29 is 14.3 Å². The Balaban J connectivity index is 2.99. The average Bonchev–Trinajstić information content (AvgIpc) is 2.28. The lowest BCUT2D eigenvalue weighted by molar-refractivity contribution is 0.321. The summed E-state index contributed by atoms with van der Waals surface area (Å²) in [5.41, 5.74) is 0.560. The smallest absolute Gasteiger partial charge is 0.229 e. The molecule has 0 aliphatic heterocycles. The minimum atomic E-state index is -2.75. The molecule has 16 heavy (non-hydrogen) atoms. The van der Waals surface area contributed by atoms with Crippen molar-refractivity contribution in [1.29, 1.82) is 0 Å². The maximum absolute atomic E-state index is 12.0. The van der Waals surface area contributed by atoms with Crippen molar-refractivity contribution in [3.63, 3.8) is 0 Å². The van der Waals surface area contributed by atoms with E-state index in [2.05, 4.69) is 5.16 Å². The van der Waals surface area contributed by atoms with E-state index in [-0.39, 0.29) is 5.17 Å².